The Hall–Kier alpha value is -1.58. The number of nitrogens with zero attached hydrogens (tertiary/aromatic N) is 1. The van der Waals surface area contributed by atoms with E-state index < -0.39 is 5.60 Å². The smallest absolute Gasteiger partial charge is 0.380 e. The summed E-state index contributed by atoms with van der Waals surface area (Å²) in [7, 11) is 0.0883. The molecule has 3 heteroatoms. The van der Waals surface area contributed by atoms with Gasteiger partial charge < -0.3 is 9.47 Å². The largest absolute Gasteiger partial charge is 0.406 e. The molecule has 2 aromatic carbocycles. The van der Waals surface area contributed by atoms with Gasteiger partial charge in [-0.2, -0.15) is 0 Å². The SMILES string of the molecule is CCN1B(C)OC(c2ccccc2)(c2ccccc2)C1(C)CC. The van der Waals surface area contributed by atoms with Crippen LogP contribution in [0.2, 0.25) is 6.82 Å². The molecule has 0 aliphatic carbocycles. The van der Waals surface area contributed by atoms with Gasteiger partial charge >= 0.3 is 7.05 Å². The average Bonchev–Trinajstić information content (AvgIpc) is 2.84. The minimum Gasteiger partial charge on any atom is -0.406 e. The summed E-state index contributed by atoms with van der Waals surface area (Å²) in [6.07, 6.45) is 1.02. The molecule has 1 aliphatic heterocycles. The summed E-state index contributed by atoms with van der Waals surface area (Å²) < 4.78 is 6.76. The molecule has 120 valence electrons. The second kappa shape index (κ2) is 6.14. The van der Waals surface area contributed by atoms with E-state index in [-0.39, 0.29) is 12.6 Å². The standard InChI is InChI=1S/C20H26BNO/c1-5-19(3)20(17-13-9-7-10-14-17,18-15-11-8-12-16-18)23-21(4)22(19)6-2/h7-16H,5-6H2,1-4H3. The second-order valence-electron chi connectivity index (χ2n) is 6.54. The molecule has 1 fully saturated rings. The fraction of sp³-hybridized carbons (Fsp3) is 0.400. The van der Waals surface area contributed by atoms with Crippen molar-refractivity contribution in [1.29, 1.82) is 0 Å². The first-order chi connectivity index (χ1) is 11.1. The van der Waals surface area contributed by atoms with Crippen molar-refractivity contribution in [2.75, 3.05) is 6.54 Å². The lowest BCUT2D eigenvalue weighted by Crippen LogP contribution is -2.55. The molecule has 2 nitrogen and oxygen atoms in total. The van der Waals surface area contributed by atoms with Gasteiger partial charge in [-0.15, -0.1) is 0 Å². The predicted octanol–water partition coefficient (Wildman–Crippen LogP) is 4.57. The molecule has 0 N–H and O–H groups in total. The lowest BCUT2D eigenvalue weighted by Gasteiger charge is -2.47. The van der Waals surface area contributed by atoms with E-state index >= 15 is 0 Å². The Morgan fingerprint density at radius 3 is 1.78 bits per heavy atom. The van der Waals surface area contributed by atoms with Crippen LogP contribution in [0.3, 0.4) is 0 Å². The monoisotopic (exact) mass is 307 g/mol. The number of hydrogen-bond acceptors (Lipinski definition) is 2. The van der Waals surface area contributed by atoms with Crippen LogP contribution in [0.25, 0.3) is 0 Å². The van der Waals surface area contributed by atoms with Crippen molar-refractivity contribution in [3.8, 4) is 0 Å². The number of hydrogen-bond donors (Lipinski definition) is 0. The van der Waals surface area contributed by atoms with E-state index in [9.17, 15) is 0 Å². The van der Waals surface area contributed by atoms with E-state index in [0.29, 0.717) is 0 Å². The van der Waals surface area contributed by atoms with Gasteiger partial charge in [-0.05, 0) is 37.8 Å². The summed E-state index contributed by atoms with van der Waals surface area (Å²) >= 11 is 0. The van der Waals surface area contributed by atoms with E-state index in [4.69, 9.17) is 4.65 Å². The Balaban J connectivity index is 2.29. The molecule has 23 heavy (non-hydrogen) atoms. The van der Waals surface area contributed by atoms with Crippen LogP contribution in [0, 0.1) is 0 Å². The first-order valence-corrected chi connectivity index (χ1v) is 8.65. The summed E-state index contributed by atoms with van der Waals surface area (Å²) in [4.78, 5) is 2.49. The Morgan fingerprint density at radius 2 is 1.39 bits per heavy atom. The van der Waals surface area contributed by atoms with Crippen LogP contribution in [-0.4, -0.2) is 23.9 Å². The van der Waals surface area contributed by atoms with Gasteiger partial charge in [-0.1, -0.05) is 74.5 Å². The summed E-state index contributed by atoms with van der Waals surface area (Å²) in [6.45, 7) is 9.99. The zero-order valence-electron chi connectivity index (χ0n) is 14.6. The van der Waals surface area contributed by atoms with Gasteiger partial charge in [0.2, 0.25) is 0 Å². The third-order valence-electron chi connectivity index (χ3n) is 5.57. The number of likely N-dealkylation sites (N-methyl/N-ethyl adjacent to an activating group) is 1. The van der Waals surface area contributed by atoms with Gasteiger partial charge in [-0.25, -0.2) is 0 Å². The second-order valence-corrected chi connectivity index (χ2v) is 6.54. The Kier molecular flexibility index (Phi) is 4.35. The summed E-state index contributed by atoms with van der Waals surface area (Å²) in [5, 5.41) is 0. The van der Waals surface area contributed by atoms with Crippen molar-refractivity contribution in [1.82, 2.24) is 4.81 Å². The molecular formula is C20H26BNO. The molecule has 1 atom stereocenters. The highest BCUT2D eigenvalue weighted by molar-refractivity contribution is 6.48. The topological polar surface area (TPSA) is 12.5 Å². The molecule has 0 spiro atoms. The molecular weight excluding hydrogens is 281 g/mol. The van der Waals surface area contributed by atoms with Gasteiger partial charge in [0, 0.05) is 5.54 Å². The first-order valence-electron chi connectivity index (χ1n) is 8.65. The maximum absolute atomic E-state index is 6.76. The molecule has 1 saturated heterocycles. The van der Waals surface area contributed by atoms with Crippen molar-refractivity contribution in [3.63, 3.8) is 0 Å². The van der Waals surface area contributed by atoms with E-state index in [0.717, 1.165) is 13.0 Å². The predicted molar refractivity (Wildman–Crippen MR) is 97.4 cm³/mol. The van der Waals surface area contributed by atoms with Crippen molar-refractivity contribution >= 4 is 7.05 Å². The molecule has 1 heterocycles. The van der Waals surface area contributed by atoms with Crippen LogP contribution in [0.4, 0.5) is 0 Å². The highest BCUT2D eigenvalue weighted by Gasteiger charge is 2.61. The normalized spacial score (nSPS) is 24.1. The Morgan fingerprint density at radius 1 is 0.913 bits per heavy atom. The lowest BCUT2D eigenvalue weighted by atomic mass is 9.69. The average molecular weight is 307 g/mol. The molecule has 1 unspecified atom stereocenters. The third kappa shape index (κ3) is 2.26. The summed E-state index contributed by atoms with van der Waals surface area (Å²) in [5.41, 5.74) is 1.93. The van der Waals surface area contributed by atoms with Crippen molar-refractivity contribution in [3.05, 3.63) is 71.8 Å². The van der Waals surface area contributed by atoms with Gasteiger partial charge in [-0.3, -0.25) is 0 Å². The molecule has 0 saturated carbocycles. The molecule has 0 bridgehead atoms. The molecule has 3 rings (SSSR count). The van der Waals surface area contributed by atoms with Crippen LogP contribution in [-0.2, 0) is 10.3 Å². The molecule has 0 radical (unpaired) electrons. The zero-order chi connectivity index (χ0) is 16.5. The van der Waals surface area contributed by atoms with Crippen LogP contribution in [0.5, 0.6) is 0 Å². The maximum atomic E-state index is 6.76. The first kappa shape index (κ1) is 16.3. The van der Waals surface area contributed by atoms with Gasteiger partial charge in [0.1, 0.15) is 5.60 Å². The molecule has 0 amide bonds. The minimum atomic E-state index is -0.445. The quantitative estimate of drug-likeness (QED) is 0.767. The van der Waals surface area contributed by atoms with Crippen molar-refractivity contribution in [2.24, 2.45) is 0 Å². The molecule has 0 aromatic heterocycles. The van der Waals surface area contributed by atoms with Crippen molar-refractivity contribution < 1.29 is 4.65 Å². The van der Waals surface area contributed by atoms with Crippen molar-refractivity contribution in [2.45, 2.75) is 45.2 Å². The van der Waals surface area contributed by atoms with Crippen LogP contribution >= 0.6 is 0 Å². The Bertz CT molecular complexity index is 606. The summed E-state index contributed by atoms with van der Waals surface area (Å²) in [6, 6.07) is 21.4. The van der Waals surface area contributed by atoms with Crippen LogP contribution in [0.15, 0.2) is 60.7 Å². The van der Waals surface area contributed by atoms with E-state index in [1.54, 1.807) is 0 Å². The fourth-order valence-corrected chi connectivity index (χ4v) is 4.38. The molecule has 2 aromatic rings. The zero-order valence-corrected chi connectivity index (χ0v) is 14.6. The fourth-order valence-electron chi connectivity index (χ4n) is 4.38. The maximum Gasteiger partial charge on any atom is 0.380 e. The minimum absolute atomic E-state index is 0.0883. The van der Waals surface area contributed by atoms with Gasteiger partial charge in [0.15, 0.2) is 0 Å². The van der Waals surface area contributed by atoms with Gasteiger partial charge in [0.05, 0.1) is 0 Å². The number of rotatable bonds is 4. The highest BCUT2D eigenvalue weighted by atomic mass is 16.5. The van der Waals surface area contributed by atoms with Crippen LogP contribution < -0.4 is 0 Å². The summed E-state index contributed by atoms with van der Waals surface area (Å²) in [5.74, 6) is 0. The van der Waals surface area contributed by atoms with E-state index in [1.807, 2.05) is 0 Å². The van der Waals surface area contributed by atoms with E-state index in [1.165, 1.54) is 11.1 Å². The highest BCUT2D eigenvalue weighted by Crippen LogP contribution is 2.52. The molecule has 1 aliphatic rings. The third-order valence-corrected chi connectivity index (χ3v) is 5.57. The number of benzene rings is 2. The Labute approximate surface area is 140 Å². The lowest BCUT2D eigenvalue weighted by molar-refractivity contribution is 0.0305. The van der Waals surface area contributed by atoms with Gasteiger partial charge in [0.25, 0.3) is 0 Å². The van der Waals surface area contributed by atoms with E-state index in [2.05, 4.69) is 93.1 Å². The van der Waals surface area contributed by atoms with Crippen LogP contribution in [0.1, 0.15) is 38.3 Å².